The van der Waals surface area contributed by atoms with Crippen molar-refractivity contribution in [3.63, 3.8) is 0 Å². The lowest BCUT2D eigenvalue weighted by atomic mass is 10.0. The van der Waals surface area contributed by atoms with Crippen LogP contribution in [-0.4, -0.2) is 37.2 Å². The van der Waals surface area contributed by atoms with E-state index in [0.29, 0.717) is 19.3 Å². The van der Waals surface area contributed by atoms with E-state index in [0.717, 1.165) is 103 Å². The number of unbranched alkanes of at least 4 members (excludes halogenated alkanes) is 22. The van der Waals surface area contributed by atoms with Gasteiger partial charge in [0, 0.05) is 19.3 Å². The SMILES string of the molecule is CC/C=C\C/C=C\C/C=C\C/C=C\CCCCCCCCC(=O)OCC(COC(=O)CCCC/C=C\C/C=C\CC)OC(=O)CCCCCCCCCCCCCCCCC. The van der Waals surface area contributed by atoms with E-state index in [2.05, 4.69) is 93.7 Å². The van der Waals surface area contributed by atoms with Gasteiger partial charge >= 0.3 is 17.9 Å². The van der Waals surface area contributed by atoms with Crippen LogP contribution in [-0.2, 0) is 28.6 Å². The Morgan fingerprint density at radius 1 is 0.344 bits per heavy atom. The van der Waals surface area contributed by atoms with Crippen LogP contribution < -0.4 is 0 Å². The third-order valence-corrected chi connectivity index (χ3v) is 10.7. The smallest absolute Gasteiger partial charge is 0.306 e. The molecule has 1 unspecified atom stereocenters. The molecule has 0 amide bonds. The van der Waals surface area contributed by atoms with E-state index in [1.807, 2.05) is 0 Å². The highest BCUT2D eigenvalue weighted by molar-refractivity contribution is 5.71. The molecule has 0 saturated carbocycles. The molecule has 0 radical (unpaired) electrons. The van der Waals surface area contributed by atoms with Crippen LogP contribution in [0.15, 0.2) is 72.9 Å². The lowest BCUT2D eigenvalue weighted by molar-refractivity contribution is -0.167. The summed E-state index contributed by atoms with van der Waals surface area (Å²) in [6, 6.07) is 0. The molecular formula is C55H94O6. The zero-order valence-electron chi connectivity index (χ0n) is 39.9. The van der Waals surface area contributed by atoms with E-state index < -0.39 is 6.10 Å². The number of carbonyl (C=O) groups excluding carboxylic acids is 3. The Hall–Kier alpha value is -3.15. The summed E-state index contributed by atoms with van der Waals surface area (Å²) in [6.07, 6.45) is 61.8. The van der Waals surface area contributed by atoms with Crippen molar-refractivity contribution < 1.29 is 28.6 Å². The molecule has 6 heteroatoms. The quantitative estimate of drug-likeness (QED) is 0.0263. The van der Waals surface area contributed by atoms with Crippen molar-refractivity contribution in [3.8, 4) is 0 Å². The Kier molecular flexibility index (Phi) is 46.9. The summed E-state index contributed by atoms with van der Waals surface area (Å²) in [4.78, 5) is 37.9. The monoisotopic (exact) mass is 851 g/mol. The molecule has 0 heterocycles. The van der Waals surface area contributed by atoms with Crippen LogP contribution in [0, 0.1) is 0 Å². The summed E-state index contributed by atoms with van der Waals surface area (Å²) in [5.41, 5.74) is 0. The molecule has 0 aliphatic heterocycles. The fraction of sp³-hybridized carbons (Fsp3) is 0.727. The van der Waals surface area contributed by atoms with Gasteiger partial charge in [-0.25, -0.2) is 0 Å². The van der Waals surface area contributed by atoms with E-state index in [1.165, 1.54) is 96.3 Å². The molecule has 0 saturated heterocycles. The largest absolute Gasteiger partial charge is 0.462 e. The molecule has 6 nitrogen and oxygen atoms in total. The van der Waals surface area contributed by atoms with Gasteiger partial charge in [-0.1, -0.05) is 209 Å². The van der Waals surface area contributed by atoms with Gasteiger partial charge in [-0.3, -0.25) is 14.4 Å². The second-order valence-electron chi connectivity index (χ2n) is 16.7. The summed E-state index contributed by atoms with van der Waals surface area (Å²) in [7, 11) is 0. The van der Waals surface area contributed by atoms with Crippen molar-refractivity contribution >= 4 is 17.9 Å². The molecule has 1 atom stereocenters. The van der Waals surface area contributed by atoms with Crippen molar-refractivity contribution in [2.75, 3.05) is 13.2 Å². The number of hydrogen-bond donors (Lipinski definition) is 0. The van der Waals surface area contributed by atoms with Gasteiger partial charge in [0.2, 0.25) is 0 Å². The maximum absolute atomic E-state index is 12.8. The predicted molar refractivity (Wildman–Crippen MR) is 261 cm³/mol. The second-order valence-corrected chi connectivity index (χ2v) is 16.7. The Morgan fingerprint density at radius 3 is 1.03 bits per heavy atom. The number of rotatable bonds is 45. The third-order valence-electron chi connectivity index (χ3n) is 10.7. The number of hydrogen-bond acceptors (Lipinski definition) is 6. The molecule has 0 aromatic carbocycles. The Balaban J connectivity index is 4.35. The zero-order valence-corrected chi connectivity index (χ0v) is 39.9. The van der Waals surface area contributed by atoms with Gasteiger partial charge in [-0.05, 0) is 83.5 Å². The van der Waals surface area contributed by atoms with Crippen LogP contribution >= 0.6 is 0 Å². The average Bonchev–Trinajstić information content (AvgIpc) is 3.26. The number of ether oxygens (including phenoxy) is 3. The predicted octanol–water partition coefficient (Wildman–Crippen LogP) is 16.6. The van der Waals surface area contributed by atoms with Gasteiger partial charge in [0.05, 0.1) is 0 Å². The van der Waals surface area contributed by atoms with E-state index in [1.54, 1.807) is 0 Å². The highest BCUT2D eigenvalue weighted by Crippen LogP contribution is 2.15. The first-order valence-corrected chi connectivity index (χ1v) is 25.4. The van der Waals surface area contributed by atoms with Gasteiger partial charge in [0.1, 0.15) is 13.2 Å². The number of allylic oxidation sites excluding steroid dienone is 12. The molecular weight excluding hydrogens is 757 g/mol. The second kappa shape index (κ2) is 49.5. The fourth-order valence-corrected chi connectivity index (χ4v) is 6.94. The molecule has 0 aromatic heterocycles. The summed E-state index contributed by atoms with van der Waals surface area (Å²) in [6.45, 7) is 6.36. The van der Waals surface area contributed by atoms with Crippen molar-refractivity contribution in [2.24, 2.45) is 0 Å². The molecule has 0 fully saturated rings. The normalized spacial score (nSPS) is 12.6. The Bertz CT molecular complexity index is 1160. The minimum Gasteiger partial charge on any atom is -0.462 e. The first-order chi connectivity index (χ1) is 30.0. The van der Waals surface area contributed by atoms with Crippen LogP contribution in [0.25, 0.3) is 0 Å². The molecule has 0 rings (SSSR count). The molecule has 0 bridgehead atoms. The maximum Gasteiger partial charge on any atom is 0.306 e. The van der Waals surface area contributed by atoms with Crippen molar-refractivity contribution in [1.82, 2.24) is 0 Å². The van der Waals surface area contributed by atoms with E-state index >= 15 is 0 Å². The average molecular weight is 851 g/mol. The molecule has 61 heavy (non-hydrogen) atoms. The lowest BCUT2D eigenvalue weighted by Gasteiger charge is -2.18. The molecule has 0 aliphatic rings. The Labute approximate surface area is 376 Å². The maximum atomic E-state index is 12.8. The van der Waals surface area contributed by atoms with Crippen LogP contribution in [0.3, 0.4) is 0 Å². The Morgan fingerprint density at radius 2 is 0.639 bits per heavy atom. The van der Waals surface area contributed by atoms with E-state index in [-0.39, 0.29) is 31.1 Å². The van der Waals surface area contributed by atoms with Crippen LogP contribution in [0.4, 0.5) is 0 Å². The van der Waals surface area contributed by atoms with Gasteiger partial charge in [0.15, 0.2) is 6.10 Å². The standard InChI is InChI=1S/C55H94O6/c1-4-7-10-13-16-19-21-23-25-26-27-28-30-31-33-36-39-42-45-48-54(57)60-51-52(50-59-53(56)47-44-41-38-35-18-15-12-9-6-3)61-55(58)49-46-43-40-37-34-32-29-24-22-20-17-14-11-8-5-2/h7,9-10,12,16,18-19,23,25,27-28,35,52H,4-6,8,11,13-15,17,20-22,24,26,29-34,36-51H2,1-3H3/b10-7-,12-9-,19-16-,25-23-,28-27-,35-18-. The van der Waals surface area contributed by atoms with Gasteiger partial charge in [-0.15, -0.1) is 0 Å². The zero-order chi connectivity index (χ0) is 44.4. The highest BCUT2D eigenvalue weighted by Gasteiger charge is 2.19. The molecule has 0 spiro atoms. The van der Waals surface area contributed by atoms with Gasteiger partial charge < -0.3 is 14.2 Å². The van der Waals surface area contributed by atoms with Crippen LogP contribution in [0.5, 0.6) is 0 Å². The first kappa shape index (κ1) is 57.9. The van der Waals surface area contributed by atoms with Crippen molar-refractivity contribution in [2.45, 2.75) is 245 Å². The van der Waals surface area contributed by atoms with E-state index in [4.69, 9.17) is 14.2 Å². The molecule has 0 aromatic rings. The minimum atomic E-state index is -0.791. The van der Waals surface area contributed by atoms with Crippen molar-refractivity contribution in [3.05, 3.63) is 72.9 Å². The highest BCUT2D eigenvalue weighted by atomic mass is 16.6. The first-order valence-electron chi connectivity index (χ1n) is 25.4. The topological polar surface area (TPSA) is 78.9 Å². The van der Waals surface area contributed by atoms with Crippen LogP contribution in [0.1, 0.15) is 239 Å². The summed E-state index contributed by atoms with van der Waals surface area (Å²) in [5.74, 6) is -0.940. The molecule has 0 aliphatic carbocycles. The van der Waals surface area contributed by atoms with Crippen LogP contribution in [0.2, 0.25) is 0 Å². The fourth-order valence-electron chi connectivity index (χ4n) is 6.94. The molecule has 0 N–H and O–H groups in total. The van der Waals surface area contributed by atoms with E-state index in [9.17, 15) is 14.4 Å². The van der Waals surface area contributed by atoms with Gasteiger partial charge in [0.25, 0.3) is 0 Å². The number of esters is 3. The third kappa shape index (κ3) is 47.7. The summed E-state index contributed by atoms with van der Waals surface area (Å²) < 4.78 is 16.7. The lowest BCUT2D eigenvalue weighted by Crippen LogP contribution is -2.30. The summed E-state index contributed by atoms with van der Waals surface area (Å²) >= 11 is 0. The molecule has 350 valence electrons. The van der Waals surface area contributed by atoms with Gasteiger partial charge in [-0.2, -0.15) is 0 Å². The van der Waals surface area contributed by atoms with Crippen molar-refractivity contribution in [1.29, 1.82) is 0 Å². The minimum absolute atomic E-state index is 0.0920. The number of carbonyl (C=O) groups is 3. The summed E-state index contributed by atoms with van der Waals surface area (Å²) in [5, 5.41) is 0.